The van der Waals surface area contributed by atoms with Crippen LogP contribution in [0.2, 0.25) is 0 Å². The molecule has 0 unspecified atom stereocenters. The maximum atomic E-state index is 13.3. The number of carbonyl (C=O) groups is 2. The van der Waals surface area contributed by atoms with Crippen molar-refractivity contribution in [3.63, 3.8) is 0 Å². The molecule has 0 amide bonds. The number of ketones is 1. The topological polar surface area (TPSA) is 57.6 Å². The molecular formula is C32H37NO3. The van der Waals surface area contributed by atoms with Crippen molar-refractivity contribution in [1.29, 1.82) is 0 Å². The van der Waals surface area contributed by atoms with E-state index in [1.54, 1.807) is 24.3 Å². The zero-order chi connectivity index (χ0) is 26.8. The molecule has 0 fully saturated rings. The van der Waals surface area contributed by atoms with Crippen LogP contribution in [0.1, 0.15) is 78.9 Å². The number of carboxylic acids is 1. The third-order valence-electron chi connectivity index (χ3n) is 6.28. The highest BCUT2D eigenvalue weighted by Gasteiger charge is 2.26. The molecule has 188 valence electrons. The van der Waals surface area contributed by atoms with E-state index in [9.17, 15) is 9.59 Å². The van der Waals surface area contributed by atoms with E-state index in [0.29, 0.717) is 5.56 Å². The molecule has 0 aliphatic carbocycles. The van der Waals surface area contributed by atoms with Gasteiger partial charge in [0, 0.05) is 25.3 Å². The normalized spacial score (nSPS) is 12.1. The molecule has 0 aliphatic rings. The molecule has 3 rings (SSSR count). The third kappa shape index (κ3) is 6.12. The second-order valence-corrected chi connectivity index (χ2v) is 11.5. The Labute approximate surface area is 215 Å². The number of aromatic carboxylic acids is 1. The van der Waals surface area contributed by atoms with Crippen molar-refractivity contribution in [2.24, 2.45) is 0 Å². The van der Waals surface area contributed by atoms with Gasteiger partial charge >= 0.3 is 5.97 Å². The Morgan fingerprint density at radius 2 is 1.36 bits per heavy atom. The van der Waals surface area contributed by atoms with Crippen molar-refractivity contribution in [3.8, 4) is 11.1 Å². The Morgan fingerprint density at radius 1 is 0.778 bits per heavy atom. The van der Waals surface area contributed by atoms with Crippen LogP contribution in [0.15, 0.2) is 66.7 Å². The second-order valence-electron chi connectivity index (χ2n) is 11.5. The first kappa shape index (κ1) is 26.9. The molecular weight excluding hydrogens is 446 g/mol. The van der Waals surface area contributed by atoms with Crippen LogP contribution in [-0.2, 0) is 10.8 Å². The zero-order valence-corrected chi connectivity index (χ0v) is 22.6. The first-order valence-electron chi connectivity index (χ1n) is 12.2. The van der Waals surface area contributed by atoms with E-state index in [0.717, 1.165) is 22.4 Å². The van der Waals surface area contributed by atoms with Gasteiger partial charge in [-0.1, -0.05) is 84.0 Å². The van der Waals surface area contributed by atoms with E-state index in [2.05, 4.69) is 70.7 Å². The number of anilines is 1. The van der Waals surface area contributed by atoms with Crippen LogP contribution in [0.4, 0.5) is 5.69 Å². The standard InChI is InChI=1S/C32H37NO3/c1-31(2,3)25-16-14-22(15-17-25)26-19-24(20-27(33(7)8)29(26)32(4,5)6)28(34)18-11-21-9-12-23(13-10-21)30(35)36/h9-20H,1-8H3,(H,35,36). The lowest BCUT2D eigenvalue weighted by atomic mass is 9.78. The van der Waals surface area contributed by atoms with Crippen LogP contribution in [-0.4, -0.2) is 31.0 Å². The number of benzene rings is 3. The lowest BCUT2D eigenvalue weighted by molar-refractivity contribution is 0.0696. The number of rotatable bonds is 6. The van der Waals surface area contributed by atoms with Crippen molar-refractivity contribution in [3.05, 3.63) is 94.6 Å². The Hall–Kier alpha value is -3.66. The number of carboxylic acid groups (broad SMARTS) is 1. The van der Waals surface area contributed by atoms with Gasteiger partial charge in [0.05, 0.1) is 5.56 Å². The molecule has 3 aromatic rings. The van der Waals surface area contributed by atoms with Crippen molar-refractivity contribution in [2.45, 2.75) is 52.4 Å². The fraction of sp³-hybridized carbons (Fsp3) is 0.312. The number of hydrogen-bond acceptors (Lipinski definition) is 3. The first-order chi connectivity index (χ1) is 16.7. The minimum Gasteiger partial charge on any atom is -0.478 e. The largest absolute Gasteiger partial charge is 0.478 e. The number of allylic oxidation sites excluding steroid dienone is 1. The molecule has 0 saturated heterocycles. The molecule has 0 aliphatic heterocycles. The molecule has 0 saturated carbocycles. The van der Waals surface area contributed by atoms with Gasteiger partial charge in [0.15, 0.2) is 5.78 Å². The molecule has 0 bridgehead atoms. The van der Waals surface area contributed by atoms with Crippen LogP contribution in [0, 0.1) is 0 Å². The summed E-state index contributed by atoms with van der Waals surface area (Å²) in [5.41, 5.74) is 7.13. The molecule has 4 nitrogen and oxygen atoms in total. The zero-order valence-electron chi connectivity index (χ0n) is 22.6. The molecule has 3 aromatic carbocycles. The van der Waals surface area contributed by atoms with Crippen LogP contribution in [0.3, 0.4) is 0 Å². The Balaban J connectivity index is 2.10. The number of hydrogen-bond donors (Lipinski definition) is 1. The molecule has 4 heteroatoms. The van der Waals surface area contributed by atoms with E-state index in [-0.39, 0.29) is 22.2 Å². The van der Waals surface area contributed by atoms with Crippen LogP contribution >= 0.6 is 0 Å². The van der Waals surface area contributed by atoms with Crippen LogP contribution < -0.4 is 4.90 Å². The summed E-state index contributed by atoms with van der Waals surface area (Å²) in [6.07, 6.45) is 3.27. The van der Waals surface area contributed by atoms with Gasteiger partial charge in [-0.3, -0.25) is 4.79 Å². The Bertz CT molecular complexity index is 1280. The quantitative estimate of drug-likeness (QED) is 0.290. The van der Waals surface area contributed by atoms with Gasteiger partial charge in [-0.05, 0) is 69.0 Å². The van der Waals surface area contributed by atoms with Crippen molar-refractivity contribution < 1.29 is 14.7 Å². The summed E-state index contributed by atoms with van der Waals surface area (Å²) in [5, 5.41) is 9.09. The summed E-state index contributed by atoms with van der Waals surface area (Å²) in [5.74, 6) is -1.08. The fourth-order valence-corrected chi connectivity index (χ4v) is 4.29. The monoisotopic (exact) mass is 483 g/mol. The Kier molecular flexibility index (Phi) is 7.59. The summed E-state index contributed by atoms with van der Waals surface area (Å²) in [7, 11) is 4.01. The van der Waals surface area contributed by atoms with Gasteiger partial charge in [-0.25, -0.2) is 4.79 Å². The molecule has 0 heterocycles. The Morgan fingerprint density at radius 3 is 1.83 bits per heavy atom. The number of carbonyl (C=O) groups excluding carboxylic acids is 1. The molecule has 0 aromatic heterocycles. The minimum absolute atomic E-state index is 0.0610. The first-order valence-corrected chi connectivity index (χ1v) is 12.2. The summed E-state index contributed by atoms with van der Waals surface area (Å²) in [6.45, 7) is 13.2. The van der Waals surface area contributed by atoms with Gasteiger partial charge in [-0.15, -0.1) is 0 Å². The molecule has 36 heavy (non-hydrogen) atoms. The van der Waals surface area contributed by atoms with Crippen molar-refractivity contribution in [1.82, 2.24) is 0 Å². The summed E-state index contributed by atoms with van der Waals surface area (Å²) < 4.78 is 0. The lowest BCUT2D eigenvalue weighted by Crippen LogP contribution is -2.21. The average molecular weight is 484 g/mol. The lowest BCUT2D eigenvalue weighted by Gasteiger charge is -2.30. The van der Waals surface area contributed by atoms with Gasteiger partial charge < -0.3 is 10.0 Å². The van der Waals surface area contributed by atoms with Crippen molar-refractivity contribution >= 4 is 23.5 Å². The molecule has 0 radical (unpaired) electrons. The third-order valence-corrected chi connectivity index (χ3v) is 6.28. The SMILES string of the molecule is CN(C)c1cc(C(=O)C=Cc2ccc(C(=O)O)cc2)cc(-c2ccc(C(C)(C)C)cc2)c1C(C)(C)C. The van der Waals surface area contributed by atoms with Crippen molar-refractivity contribution in [2.75, 3.05) is 19.0 Å². The van der Waals surface area contributed by atoms with Gasteiger partial charge in [0.1, 0.15) is 0 Å². The van der Waals surface area contributed by atoms with Gasteiger partial charge in [0.2, 0.25) is 0 Å². The fourth-order valence-electron chi connectivity index (χ4n) is 4.29. The van der Waals surface area contributed by atoms with E-state index in [1.165, 1.54) is 23.3 Å². The molecule has 1 N–H and O–H groups in total. The number of nitrogens with zero attached hydrogens (tertiary/aromatic N) is 1. The maximum Gasteiger partial charge on any atom is 0.335 e. The summed E-state index contributed by atoms with van der Waals surface area (Å²) >= 11 is 0. The highest BCUT2D eigenvalue weighted by atomic mass is 16.4. The molecule has 0 atom stereocenters. The average Bonchev–Trinajstić information content (AvgIpc) is 2.80. The molecule has 0 spiro atoms. The highest BCUT2D eigenvalue weighted by Crippen LogP contribution is 2.41. The smallest absolute Gasteiger partial charge is 0.335 e. The maximum absolute atomic E-state index is 13.3. The predicted octanol–water partition coefficient (Wildman–Crippen LogP) is 7.61. The minimum atomic E-state index is -0.972. The van der Waals surface area contributed by atoms with Gasteiger partial charge in [-0.2, -0.15) is 0 Å². The van der Waals surface area contributed by atoms with E-state index >= 15 is 0 Å². The van der Waals surface area contributed by atoms with Crippen LogP contribution in [0.5, 0.6) is 0 Å². The van der Waals surface area contributed by atoms with E-state index in [1.807, 2.05) is 26.2 Å². The van der Waals surface area contributed by atoms with Gasteiger partial charge in [0.25, 0.3) is 0 Å². The van der Waals surface area contributed by atoms with Crippen LogP contribution in [0.25, 0.3) is 17.2 Å². The second kappa shape index (κ2) is 10.1. The summed E-state index contributed by atoms with van der Waals surface area (Å²) in [4.78, 5) is 26.5. The van der Waals surface area contributed by atoms with E-state index in [4.69, 9.17) is 5.11 Å². The predicted molar refractivity (Wildman–Crippen MR) is 150 cm³/mol. The summed E-state index contributed by atoms with van der Waals surface area (Å²) in [6, 6.07) is 19.1. The highest BCUT2D eigenvalue weighted by molar-refractivity contribution is 6.08. The van der Waals surface area contributed by atoms with E-state index < -0.39 is 5.97 Å².